The predicted octanol–water partition coefficient (Wildman–Crippen LogP) is 3.76. The van der Waals surface area contributed by atoms with E-state index in [-0.39, 0.29) is 20.1 Å². The molecular formula is C12H8BrClF2N2O2S. The quantitative estimate of drug-likeness (QED) is 0.775. The van der Waals surface area contributed by atoms with Gasteiger partial charge in [-0.2, -0.15) is 0 Å². The number of hydrogen-bond acceptors (Lipinski definition) is 3. The third-order valence-corrected chi connectivity index (χ3v) is 4.78. The van der Waals surface area contributed by atoms with Crippen LogP contribution in [0.5, 0.6) is 0 Å². The highest BCUT2D eigenvalue weighted by molar-refractivity contribution is 9.10. The Balaban J connectivity index is 2.47. The number of hydrogen-bond donors (Lipinski definition) is 2. The summed E-state index contributed by atoms with van der Waals surface area (Å²) in [7, 11) is -4.25. The van der Waals surface area contributed by atoms with Crippen LogP contribution in [0, 0.1) is 11.6 Å². The van der Waals surface area contributed by atoms with Crippen molar-refractivity contribution >= 4 is 48.9 Å². The second kappa shape index (κ2) is 5.78. The predicted molar refractivity (Wildman–Crippen MR) is 80.7 cm³/mol. The molecule has 0 aliphatic heterocycles. The van der Waals surface area contributed by atoms with Gasteiger partial charge in [0.1, 0.15) is 10.6 Å². The van der Waals surface area contributed by atoms with Crippen molar-refractivity contribution in [2.75, 3.05) is 10.5 Å². The molecule has 0 aromatic heterocycles. The molecule has 0 amide bonds. The molecule has 2 aromatic rings. The van der Waals surface area contributed by atoms with E-state index < -0.39 is 27.3 Å². The zero-order chi connectivity index (χ0) is 15.8. The van der Waals surface area contributed by atoms with Crippen LogP contribution in [-0.4, -0.2) is 8.42 Å². The summed E-state index contributed by atoms with van der Waals surface area (Å²) < 4.78 is 53.6. The normalized spacial score (nSPS) is 11.4. The highest BCUT2D eigenvalue weighted by Gasteiger charge is 2.22. The molecule has 0 atom stereocenters. The molecule has 2 rings (SSSR count). The van der Waals surface area contributed by atoms with Crippen molar-refractivity contribution in [3.8, 4) is 0 Å². The summed E-state index contributed by atoms with van der Waals surface area (Å²) in [5, 5.41) is -0.152. The summed E-state index contributed by atoms with van der Waals surface area (Å²) in [6.45, 7) is 0. The Morgan fingerprint density at radius 3 is 2.24 bits per heavy atom. The van der Waals surface area contributed by atoms with Crippen LogP contribution in [0.25, 0.3) is 0 Å². The largest absolute Gasteiger partial charge is 0.399 e. The molecule has 0 saturated carbocycles. The Morgan fingerprint density at radius 2 is 1.71 bits per heavy atom. The molecular weight excluding hydrogens is 390 g/mol. The van der Waals surface area contributed by atoms with E-state index in [2.05, 4.69) is 15.9 Å². The van der Waals surface area contributed by atoms with Gasteiger partial charge in [-0.15, -0.1) is 0 Å². The standard InChI is InChI=1S/C12H8BrClF2N2O2S/c13-6-3-9(15)12(10(16)4-6)18-21(19,20)11-2-1-7(17)5-8(11)14/h1-5,18H,17H2. The summed E-state index contributed by atoms with van der Waals surface area (Å²) >= 11 is 8.69. The Labute approximate surface area is 133 Å². The van der Waals surface area contributed by atoms with Crippen LogP contribution in [0.2, 0.25) is 5.02 Å². The van der Waals surface area contributed by atoms with Crippen LogP contribution in [0.15, 0.2) is 39.7 Å². The average molecular weight is 398 g/mol. The SMILES string of the molecule is Nc1ccc(S(=O)(=O)Nc2c(F)cc(Br)cc2F)c(Cl)c1. The van der Waals surface area contributed by atoms with Gasteiger partial charge in [-0.05, 0) is 30.3 Å². The maximum Gasteiger partial charge on any atom is 0.263 e. The smallest absolute Gasteiger partial charge is 0.263 e. The molecule has 9 heteroatoms. The maximum absolute atomic E-state index is 13.7. The van der Waals surface area contributed by atoms with Gasteiger partial charge in [0.15, 0.2) is 11.6 Å². The van der Waals surface area contributed by atoms with E-state index in [1.54, 1.807) is 0 Å². The minimum atomic E-state index is -4.25. The lowest BCUT2D eigenvalue weighted by molar-refractivity contribution is 0.582. The third kappa shape index (κ3) is 3.45. The number of rotatable bonds is 3. The molecule has 0 spiro atoms. The van der Waals surface area contributed by atoms with Gasteiger partial charge in [0.05, 0.1) is 5.02 Å². The summed E-state index contributed by atoms with van der Waals surface area (Å²) in [5.74, 6) is -2.12. The van der Waals surface area contributed by atoms with E-state index in [0.29, 0.717) is 0 Å². The van der Waals surface area contributed by atoms with Crippen LogP contribution in [0.3, 0.4) is 0 Å². The van der Waals surface area contributed by atoms with Crippen LogP contribution in [-0.2, 0) is 10.0 Å². The first-order valence-corrected chi connectivity index (χ1v) is 8.08. The van der Waals surface area contributed by atoms with Crippen molar-refractivity contribution in [3.05, 3.63) is 51.5 Å². The van der Waals surface area contributed by atoms with Gasteiger partial charge in [0.2, 0.25) is 0 Å². The van der Waals surface area contributed by atoms with E-state index in [1.165, 1.54) is 12.1 Å². The monoisotopic (exact) mass is 396 g/mol. The van der Waals surface area contributed by atoms with Gasteiger partial charge in [-0.25, -0.2) is 17.2 Å². The van der Waals surface area contributed by atoms with Crippen LogP contribution in [0.4, 0.5) is 20.2 Å². The van der Waals surface area contributed by atoms with Gasteiger partial charge in [0.25, 0.3) is 10.0 Å². The molecule has 0 saturated heterocycles. The van der Waals surface area contributed by atoms with E-state index in [1.807, 2.05) is 4.72 Å². The number of nitrogens with two attached hydrogens (primary N) is 1. The van der Waals surface area contributed by atoms with Gasteiger partial charge < -0.3 is 5.73 Å². The van der Waals surface area contributed by atoms with E-state index in [9.17, 15) is 17.2 Å². The Morgan fingerprint density at radius 1 is 1.14 bits per heavy atom. The minimum Gasteiger partial charge on any atom is -0.399 e. The first kappa shape index (κ1) is 16.0. The molecule has 0 bridgehead atoms. The molecule has 21 heavy (non-hydrogen) atoms. The summed E-state index contributed by atoms with van der Waals surface area (Å²) in [5.41, 5.74) is 4.94. The average Bonchev–Trinajstić information content (AvgIpc) is 2.33. The first-order valence-electron chi connectivity index (χ1n) is 5.43. The van der Waals surface area contributed by atoms with Gasteiger partial charge >= 0.3 is 0 Å². The van der Waals surface area contributed by atoms with Crippen molar-refractivity contribution < 1.29 is 17.2 Å². The molecule has 0 aliphatic rings. The summed E-state index contributed by atoms with van der Waals surface area (Å²) in [6, 6.07) is 5.56. The van der Waals surface area contributed by atoms with E-state index >= 15 is 0 Å². The lowest BCUT2D eigenvalue weighted by atomic mass is 10.3. The van der Waals surface area contributed by atoms with Crippen LogP contribution >= 0.6 is 27.5 Å². The first-order chi connectivity index (χ1) is 9.70. The molecule has 0 aliphatic carbocycles. The molecule has 0 unspecified atom stereocenters. The van der Waals surface area contributed by atoms with Gasteiger partial charge in [0, 0.05) is 10.2 Å². The highest BCUT2D eigenvalue weighted by Crippen LogP contribution is 2.29. The minimum absolute atomic E-state index is 0.144. The number of halogens is 4. The Kier molecular flexibility index (Phi) is 4.40. The Hall–Kier alpha value is -1.38. The number of benzene rings is 2. The van der Waals surface area contributed by atoms with Crippen LogP contribution < -0.4 is 10.5 Å². The Bertz CT molecular complexity index is 792. The number of nitrogens with one attached hydrogen (secondary N) is 1. The number of nitrogen functional groups attached to an aromatic ring is 1. The molecule has 4 nitrogen and oxygen atoms in total. The molecule has 2 aromatic carbocycles. The van der Waals surface area contributed by atoms with Crippen molar-refractivity contribution in [2.45, 2.75) is 4.90 Å². The molecule has 0 heterocycles. The summed E-state index contributed by atoms with van der Waals surface area (Å²) in [6.07, 6.45) is 0. The zero-order valence-electron chi connectivity index (χ0n) is 10.2. The molecule has 3 N–H and O–H groups in total. The molecule has 112 valence electrons. The zero-order valence-corrected chi connectivity index (χ0v) is 13.4. The fraction of sp³-hybridized carbons (Fsp3) is 0. The fourth-order valence-corrected chi connectivity index (χ4v) is 3.60. The van der Waals surface area contributed by atoms with Gasteiger partial charge in [-0.3, -0.25) is 4.72 Å². The van der Waals surface area contributed by atoms with Crippen molar-refractivity contribution in [1.82, 2.24) is 0 Å². The van der Waals surface area contributed by atoms with Gasteiger partial charge in [-0.1, -0.05) is 27.5 Å². The van der Waals surface area contributed by atoms with Crippen molar-refractivity contribution in [3.63, 3.8) is 0 Å². The van der Waals surface area contributed by atoms with Crippen molar-refractivity contribution in [2.24, 2.45) is 0 Å². The maximum atomic E-state index is 13.7. The molecule has 0 radical (unpaired) electrons. The topological polar surface area (TPSA) is 72.2 Å². The highest BCUT2D eigenvalue weighted by atomic mass is 79.9. The fourth-order valence-electron chi connectivity index (χ4n) is 1.56. The third-order valence-electron chi connectivity index (χ3n) is 2.49. The number of anilines is 2. The van der Waals surface area contributed by atoms with E-state index in [4.69, 9.17) is 17.3 Å². The van der Waals surface area contributed by atoms with Crippen molar-refractivity contribution in [1.29, 1.82) is 0 Å². The second-order valence-corrected chi connectivity index (χ2v) is 7.01. The lowest BCUT2D eigenvalue weighted by Crippen LogP contribution is -2.15. The van der Waals surface area contributed by atoms with Crippen LogP contribution in [0.1, 0.15) is 0 Å². The van der Waals surface area contributed by atoms with E-state index in [0.717, 1.165) is 18.2 Å². The summed E-state index contributed by atoms with van der Waals surface area (Å²) in [4.78, 5) is -0.333. The molecule has 0 fully saturated rings. The number of sulfonamides is 1. The lowest BCUT2D eigenvalue weighted by Gasteiger charge is -2.11. The second-order valence-electron chi connectivity index (χ2n) is 4.04.